The fraction of sp³-hybridized carbons (Fsp3) is 0.308. The molecule has 3 heterocycles. The van der Waals surface area contributed by atoms with Crippen LogP contribution in [0.1, 0.15) is 28.9 Å². The average molecular weight is 477 g/mol. The maximum atomic E-state index is 13.6. The van der Waals surface area contributed by atoms with Crippen molar-refractivity contribution in [2.45, 2.75) is 38.1 Å². The molecule has 0 saturated heterocycles. The molecule has 0 aliphatic carbocycles. The lowest BCUT2D eigenvalue weighted by Gasteiger charge is -2.27. The van der Waals surface area contributed by atoms with Gasteiger partial charge in [-0.25, -0.2) is 8.42 Å². The number of carbonyl (C=O) groups excluding carboxylic acids is 1. The van der Waals surface area contributed by atoms with Crippen LogP contribution in [0.2, 0.25) is 0 Å². The van der Waals surface area contributed by atoms with E-state index < -0.39 is 10.0 Å². The molecular formula is C26H28N4O3S. The van der Waals surface area contributed by atoms with Crippen LogP contribution < -0.4 is 4.31 Å². The van der Waals surface area contributed by atoms with Gasteiger partial charge in [0.2, 0.25) is 5.91 Å². The predicted molar refractivity (Wildman–Crippen MR) is 132 cm³/mol. The van der Waals surface area contributed by atoms with Gasteiger partial charge in [-0.2, -0.15) is 5.10 Å². The topological polar surface area (TPSA) is 75.5 Å². The van der Waals surface area contributed by atoms with Crippen molar-refractivity contribution in [3.63, 3.8) is 0 Å². The van der Waals surface area contributed by atoms with Crippen molar-refractivity contribution >= 4 is 27.2 Å². The second-order valence-electron chi connectivity index (χ2n) is 8.80. The van der Waals surface area contributed by atoms with Crippen LogP contribution in [-0.2, 0) is 27.8 Å². The molecule has 0 N–H and O–H groups in total. The van der Waals surface area contributed by atoms with Crippen molar-refractivity contribution < 1.29 is 13.2 Å². The van der Waals surface area contributed by atoms with Gasteiger partial charge in [0, 0.05) is 19.6 Å². The number of anilines is 1. The molecule has 0 atom stereocenters. The Labute approximate surface area is 200 Å². The number of aromatic nitrogens is 2. The van der Waals surface area contributed by atoms with Gasteiger partial charge in [0.25, 0.3) is 10.0 Å². The van der Waals surface area contributed by atoms with E-state index in [1.165, 1.54) is 20.1 Å². The molecule has 2 aliphatic rings. The Bertz CT molecular complexity index is 1380. The van der Waals surface area contributed by atoms with Gasteiger partial charge in [-0.3, -0.25) is 13.8 Å². The van der Waals surface area contributed by atoms with Gasteiger partial charge in [0.1, 0.15) is 11.4 Å². The molecule has 0 spiro atoms. The minimum absolute atomic E-state index is 0.0211. The number of sulfonamides is 1. The van der Waals surface area contributed by atoms with E-state index in [0.717, 1.165) is 17.7 Å². The van der Waals surface area contributed by atoms with Crippen LogP contribution in [0.3, 0.4) is 0 Å². The van der Waals surface area contributed by atoms with Crippen molar-refractivity contribution in [3.8, 4) is 0 Å². The third-order valence-electron chi connectivity index (χ3n) is 6.70. The van der Waals surface area contributed by atoms with Crippen LogP contribution >= 0.6 is 0 Å². The summed E-state index contributed by atoms with van der Waals surface area (Å²) in [5.41, 5.74) is 5.09. The highest BCUT2D eigenvalue weighted by Gasteiger charge is 2.35. The minimum atomic E-state index is -3.78. The number of carbonyl (C=O) groups is 1. The normalized spacial score (nSPS) is 15.9. The van der Waals surface area contributed by atoms with Crippen molar-refractivity contribution in [3.05, 3.63) is 83.2 Å². The Morgan fingerprint density at radius 3 is 2.44 bits per heavy atom. The summed E-state index contributed by atoms with van der Waals surface area (Å²) in [4.78, 5) is 15.0. The molecule has 7 nitrogen and oxygen atoms in total. The predicted octanol–water partition coefficient (Wildman–Crippen LogP) is 3.57. The molecule has 1 amide bonds. The fourth-order valence-corrected chi connectivity index (χ4v) is 6.80. The molecule has 3 aromatic rings. The third-order valence-corrected chi connectivity index (χ3v) is 8.77. The molecule has 5 rings (SSSR count). The molecule has 176 valence electrons. The van der Waals surface area contributed by atoms with Crippen LogP contribution in [0, 0.1) is 13.8 Å². The van der Waals surface area contributed by atoms with Crippen molar-refractivity contribution in [2.75, 3.05) is 23.9 Å². The highest BCUT2D eigenvalue weighted by Crippen LogP contribution is 2.34. The summed E-state index contributed by atoms with van der Waals surface area (Å²) in [6.45, 7) is 5.03. The summed E-state index contributed by atoms with van der Waals surface area (Å²) in [7, 11) is -3.78. The third kappa shape index (κ3) is 3.92. The van der Waals surface area contributed by atoms with E-state index in [0.29, 0.717) is 37.4 Å². The van der Waals surface area contributed by atoms with Crippen LogP contribution in [0.4, 0.5) is 5.69 Å². The zero-order chi connectivity index (χ0) is 23.9. The van der Waals surface area contributed by atoms with Gasteiger partial charge in [-0.1, -0.05) is 54.6 Å². The highest BCUT2D eigenvalue weighted by atomic mass is 32.2. The summed E-state index contributed by atoms with van der Waals surface area (Å²) in [6, 6.07) is 17.8. The van der Waals surface area contributed by atoms with Gasteiger partial charge in [-0.05, 0) is 49.5 Å². The maximum absolute atomic E-state index is 13.6. The Morgan fingerprint density at radius 1 is 0.971 bits per heavy atom. The molecule has 2 aliphatic heterocycles. The molecular weight excluding hydrogens is 448 g/mol. The van der Waals surface area contributed by atoms with Crippen molar-refractivity contribution in [1.29, 1.82) is 0 Å². The molecule has 2 aromatic carbocycles. The number of hydrogen-bond acceptors (Lipinski definition) is 4. The first-order valence-corrected chi connectivity index (χ1v) is 13.0. The van der Waals surface area contributed by atoms with Crippen LogP contribution in [0.5, 0.6) is 0 Å². The van der Waals surface area contributed by atoms with Crippen molar-refractivity contribution in [1.82, 2.24) is 14.7 Å². The zero-order valence-electron chi connectivity index (χ0n) is 19.4. The van der Waals surface area contributed by atoms with E-state index in [9.17, 15) is 13.2 Å². The highest BCUT2D eigenvalue weighted by molar-refractivity contribution is 7.93. The molecule has 0 radical (unpaired) electrons. The molecule has 34 heavy (non-hydrogen) atoms. The standard InChI is InChI=1S/C26H28N4O3S/c1-19-26(34(32,33)30-17-14-23-10-6-7-11-24(23)30)20(2)29(27-19)18-25(31)28-15-12-22(13-16-28)21-8-4-3-5-9-21/h3-12H,13-18H2,1-2H3. The van der Waals surface area contributed by atoms with Gasteiger partial charge >= 0.3 is 0 Å². The molecule has 0 bridgehead atoms. The first-order valence-electron chi connectivity index (χ1n) is 11.5. The number of rotatable bonds is 5. The average Bonchev–Trinajstić information content (AvgIpc) is 3.41. The number of amides is 1. The number of para-hydroxylation sites is 1. The van der Waals surface area contributed by atoms with Crippen LogP contribution in [0.25, 0.3) is 5.57 Å². The number of aryl methyl sites for hydroxylation is 1. The van der Waals surface area contributed by atoms with E-state index in [1.54, 1.807) is 18.7 Å². The van der Waals surface area contributed by atoms with Gasteiger partial charge < -0.3 is 4.90 Å². The lowest BCUT2D eigenvalue weighted by molar-refractivity contribution is -0.131. The van der Waals surface area contributed by atoms with E-state index >= 15 is 0 Å². The smallest absolute Gasteiger partial charge is 0.268 e. The van der Waals surface area contributed by atoms with E-state index in [1.807, 2.05) is 42.5 Å². The second kappa shape index (κ2) is 8.76. The monoisotopic (exact) mass is 476 g/mol. The minimum Gasteiger partial charge on any atom is -0.337 e. The SMILES string of the molecule is Cc1nn(CC(=O)N2CC=C(c3ccccc3)CC2)c(C)c1S(=O)(=O)N1CCc2ccccc21. The number of nitrogens with zero attached hydrogens (tertiary/aromatic N) is 4. The first kappa shape index (κ1) is 22.4. The zero-order valence-corrected chi connectivity index (χ0v) is 20.3. The Morgan fingerprint density at radius 2 is 1.71 bits per heavy atom. The number of benzene rings is 2. The summed E-state index contributed by atoms with van der Waals surface area (Å²) < 4.78 is 30.2. The van der Waals surface area contributed by atoms with Gasteiger partial charge in [-0.15, -0.1) is 0 Å². The Kier molecular flexibility index (Phi) is 5.77. The first-order chi connectivity index (χ1) is 16.4. The molecule has 0 fully saturated rings. The summed E-state index contributed by atoms with van der Waals surface area (Å²) in [5.74, 6) is -0.0653. The van der Waals surface area contributed by atoms with E-state index in [-0.39, 0.29) is 17.3 Å². The summed E-state index contributed by atoms with van der Waals surface area (Å²) >= 11 is 0. The van der Waals surface area contributed by atoms with Crippen LogP contribution in [0.15, 0.2) is 65.6 Å². The van der Waals surface area contributed by atoms with Gasteiger partial charge in [0.15, 0.2) is 0 Å². The molecule has 8 heteroatoms. The summed E-state index contributed by atoms with van der Waals surface area (Å²) in [5, 5.41) is 4.45. The lowest BCUT2D eigenvalue weighted by Crippen LogP contribution is -2.37. The maximum Gasteiger partial charge on any atom is 0.268 e. The summed E-state index contributed by atoms with van der Waals surface area (Å²) in [6.07, 6.45) is 3.58. The largest absolute Gasteiger partial charge is 0.337 e. The van der Waals surface area contributed by atoms with E-state index in [4.69, 9.17) is 0 Å². The van der Waals surface area contributed by atoms with Crippen molar-refractivity contribution in [2.24, 2.45) is 0 Å². The lowest BCUT2D eigenvalue weighted by atomic mass is 9.99. The number of hydrogen-bond donors (Lipinski definition) is 0. The van der Waals surface area contributed by atoms with Gasteiger partial charge in [0.05, 0.1) is 17.1 Å². The van der Waals surface area contributed by atoms with E-state index in [2.05, 4.69) is 23.3 Å². The Balaban J connectivity index is 1.34. The number of fused-ring (bicyclic) bond motifs is 1. The fourth-order valence-electron chi connectivity index (χ4n) is 4.91. The second-order valence-corrected chi connectivity index (χ2v) is 10.6. The van der Waals surface area contributed by atoms with Crippen LogP contribution in [-0.4, -0.2) is 48.6 Å². The quantitative estimate of drug-likeness (QED) is 0.564. The molecule has 0 unspecified atom stereocenters. The molecule has 0 saturated carbocycles. The molecule has 1 aromatic heterocycles. The Hall–Kier alpha value is -3.39.